The largest absolute Gasteiger partial charge is 0.478 e. The van der Waals surface area contributed by atoms with Crippen LogP contribution in [-0.2, 0) is 9.59 Å². The second-order valence-corrected chi connectivity index (χ2v) is 4.47. The maximum Gasteiger partial charge on any atom is 0.331 e. The minimum Gasteiger partial charge on any atom is -0.478 e. The molecule has 0 saturated carbocycles. The standard InChI is InChI=1S/C13H14ClNO3/c1-7-4-8(2)12(10(14)5-7)15-11(16)6-9(3)13(17)18/h4-6H,1-3H3,(H,15,16)(H,17,18)/b9-6+. The van der Waals surface area contributed by atoms with Gasteiger partial charge in [-0.1, -0.05) is 17.7 Å². The molecule has 1 amide bonds. The first kappa shape index (κ1) is 14.3. The molecule has 0 saturated heterocycles. The highest BCUT2D eigenvalue weighted by Crippen LogP contribution is 2.27. The van der Waals surface area contributed by atoms with E-state index in [9.17, 15) is 9.59 Å². The Hall–Kier alpha value is -1.81. The van der Waals surface area contributed by atoms with Crippen LogP contribution in [0.2, 0.25) is 5.02 Å². The molecule has 0 aliphatic heterocycles. The van der Waals surface area contributed by atoms with E-state index < -0.39 is 11.9 Å². The minimum absolute atomic E-state index is 0.0339. The summed E-state index contributed by atoms with van der Waals surface area (Å²) in [6.07, 6.45) is 1.03. The lowest BCUT2D eigenvalue weighted by Gasteiger charge is -2.10. The van der Waals surface area contributed by atoms with Crippen molar-refractivity contribution >= 4 is 29.2 Å². The third-order valence-electron chi connectivity index (χ3n) is 2.36. The topological polar surface area (TPSA) is 66.4 Å². The second kappa shape index (κ2) is 5.69. The van der Waals surface area contributed by atoms with E-state index in [4.69, 9.17) is 16.7 Å². The van der Waals surface area contributed by atoms with Gasteiger partial charge < -0.3 is 10.4 Å². The number of anilines is 1. The zero-order valence-corrected chi connectivity index (χ0v) is 11.1. The van der Waals surface area contributed by atoms with Gasteiger partial charge in [-0.3, -0.25) is 4.79 Å². The van der Waals surface area contributed by atoms with Gasteiger partial charge in [0.2, 0.25) is 5.91 Å². The van der Waals surface area contributed by atoms with Gasteiger partial charge in [-0.2, -0.15) is 0 Å². The molecule has 0 aliphatic carbocycles. The van der Waals surface area contributed by atoms with Crippen LogP contribution in [0.25, 0.3) is 0 Å². The van der Waals surface area contributed by atoms with Crippen molar-refractivity contribution in [2.45, 2.75) is 20.8 Å². The van der Waals surface area contributed by atoms with Crippen molar-refractivity contribution in [3.8, 4) is 0 Å². The Bertz CT molecular complexity index is 512. The summed E-state index contributed by atoms with van der Waals surface area (Å²) < 4.78 is 0. The van der Waals surface area contributed by atoms with Crippen LogP contribution in [0.5, 0.6) is 0 Å². The van der Waals surface area contributed by atoms with Gasteiger partial charge >= 0.3 is 5.97 Å². The number of amides is 1. The fourth-order valence-electron chi connectivity index (χ4n) is 1.49. The number of carboxylic acids is 1. The fraction of sp³-hybridized carbons (Fsp3) is 0.231. The number of aryl methyl sites for hydroxylation is 2. The van der Waals surface area contributed by atoms with Crippen LogP contribution in [0, 0.1) is 13.8 Å². The summed E-state index contributed by atoms with van der Waals surface area (Å²) in [5, 5.41) is 11.7. The van der Waals surface area contributed by atoms with Gasteiger partial charge in [0.25, 0.3) is 0 Å². The minimum atomic E-state index is -1.13. The summed E-state index contributed by atoms with van der Waals surface area (Å²) in [5.74, 6) is -1.64. The first-order valence-electron chi connectivity index (χ1n) is 5.30. The lowest BCUT2D eigenvalue weighted by atomic mass is 10.1. The lowest BCUT2D eigenvalue weighted by Crippen LogP contribution is -2.12. The van der Waals surface area contributed by atoms with Crippen LogP contribution in [0.15, 0.2) is 23.8 Å². The summed E-state index contributed by atoms with van der Waals surface area (Å²) in [4.78, 5) is 22.2. The third kappa shape index (κ3) is 3.60. The molecule has 0 aliphatic rings. The average molecular weight is 268 g/mol. The van der Waals surface area contributed by atoms with Crippen LogP contribution < -0.4 is 5.32 Å². The Balaban J connectivity index is 2.96. The smallest absolute Gasteiger partial charge is 0.331 e. The van der Waals surface area contributed by atoms with Crippen LogP contribution in [0.1, 0.15) is 18.1 Å². The van der Waals surface area contributed by atoms with Crippen molar-refractivity contribution in [2.75, 3.05) is 5.32 Å². The van der Waals surface area contributed by atoms with Crippen LogP contribution >= 0.6 is 11.6 Å². The van der Waals surface area contributed by atoms with Crippen LogP contribution in [0.4, 0.5) is 5.69 Å². The predicted octanol–water partition coefficient (Wildman–Crippen LogP) is 2.93. The summed E-state index contributed by atoms with van der Waals surface area (Å²) in [6, 6.07) is 3.62. The molecule has 0 unspecified atom stereocenters. The molecule has 0 bridgehead atoms. The maximum absolute atomic E-state index is 11.6. The van der Waals surface area contributed by atoms with Gasteiger partial charge in [0.15, 0.2) is 0 Å². The number of carboxylic acid groups (broad SMARTS) is 1. The number of halogens is 1. The SMILES string of the molecule is C/C(=C\C(=O)Nc1c(C)cc(C)cc1Cl)C(=O)O. The predicted molar refractivity (Wildman–Crippen MR) is 70.9 cm³/mol. The van der Waals surface area contributed by atoms with E-state index in [2.05, 4.69) is 5.32 Å². The summed E-state index contributed by atoms with van der Waals surface area (Å²) >= 11 is 6.03. The molecule has 0 fully saturated rings. The van der Waals surface area contributed by atoms with Crippen molar-refractivity contribution in [3.63, 3.8) is 0 Å². The zero-order chi connectivity index (χ0) is 13.9. The Morgan fingerprint density at radius 3 is 2.44 bits per heavy atom. The summed E-state index contributed by atoms with van der Waals surface area (Å²) in [5.41, 5.74) is 2.29. The number of benzene rings is 1. The number of hydrogen-bond acceptors (Lipinski definition) is 2. The third-order valence-corrected chi connectivity index (χ3v) is 2.66. The zero-order valence-electron chi connectivity index (χ0n) is 10.4. The van der Waals surface area contributed by atoms with Crippen LogP contribution in [0.3, 0.4) is 0 Å². The van der Waals surface area contributed by atoms with E-state index in [0.29, 0.717) is 10.7 Å². The van der Waals surface area contributed by atoms with Crippen LogP contribution in [-0.4, -0.2) is 17.0 Å². The number of hydrogen-bond donors (Lipinski definition) is 2. The number of rotatable bonds is 3. The van der Waals surface area contributed by atoms with Gasteiger partial charge in [0, 0.05) is 11.6 Å². The van der Waals surface area contributed by atoms with E-state index in [1.807, 2.05) is 19.9 Å². The molecule has 1 rings (SSSR count). The molecule has 96 valence electrons. The van der Waals surface area contributed by atoms with Gasteiger partial charge in [-0.25, -0.2) is 4.79 Å². The lowest BCUT2D eigenvalue weighted by molar-refractivity contribution is -0.132. The van der Waals surface area contributed by atoms with E-state index in [1.165, 1.54) is 6.92 Å². The number of aliphatic carboxylic acids is 1. The number of carbonyl (C=O) groups excluding carboxylic acids is 1. The molecule has 1 aromatic carbocycles. The Morgan fingerprint density at radius 1 is 1.33 bits per heavy atom. The normalized spacial score (nSPS) is 11.2. The molecule has 0 radical (unpaired) electrons. The van der Waals surface area contributed by atoms with Gasteiger partial charge in [0.1, 0.15) is 0 Å². The first-order valence-corrected chi connectivity index (χ1v) is 5.68. The van der Waals surface area contributed by atoms with E-state index in [1.54, 1.807) is 6.07 Å². The molecule has 2 N–H and O–H groups in total. The molecular weight excluding hydrogens is 254 g/mol. The van der Waals surface area contributed by atoms with Gasteiger partial charge in [0.05, 0.1) is 10.7 Å². The maximum atomic E-state index is 11.6. The fourth-order valence-corrected chi connectivity index (χ4v) is 1.86. The molecule has 18 heavy (non-hydrogen) atoms. The van der Waals surface area contributed by atoms with Crippen molar-refractivity contribution in [3.05, 3.63) is 39.9 Å². The second-order valence-electron chi connectivity index (χ2n) is 4.06. The summed E-state index contributed by atoms with van der Waals surface area (Å²) in [7, 11) is 0. The molecule has 1 aromatic rings. The highest BCUT2D eigenvalue weighted by atomic mass is 35.5. The molecule has 0 atom stereocenters. The Morgan fingerprint density at radius 2 is 1.94 bits per heavy atom. The van der Waals surface area contributed by atoms with Crippen molar-refractivity contribution < 1.29 is 14.7 Å². The molecule has 0 aromatic heterocycles. The number of nitrogens with one attached hydrogen (secondary N) is 1. The monoisotopic (exact) mass is 267 g/mol. The van der Waals surface area contributed by atoms with Crippen molar-refractivity contribution in [1.82, 2.24) is 0 Å². The first-order chi connectivity index (χ1) is 8.31. The Labute approximate surface area is 110 Å². The Kier molecular flexibility index (Phi) is 4.50. The quantitative estimate of drug-likeness (QED) is 0.828. The van der Waals surface area contributed by atoms with E-state index in [-0.39, 0.29) is 5.57 Å². The van der Waals surface area contributed by atoms with E-state index in [0.717, 1.165) is 17.2 Å². The highest BCUT2D eigenvalue weighted by molar-refractivity contribution is 6.34. The van der Waals surface area contributed by atoms with Crippen molar-refractivity contribution in [1.29, 1.82) is 0 Å². The van der Waals surface area contributed by atoms with Crippen molar-refractivity contribution in [2.24, 2.45) is 0 Å². The molecule has 5 heteroatoms. The molecule has 4 nitrogen and oxygen atoms in total. The van der Waals surface area contributed by atoms with E-state index >= 15 is 0 Å². The molecule has 0 heterocycles. The average Bonchev–Trinajstić information content (AvgIpc) is 2.23. The van der Waals surface area contributed by atoms with Gasteiger partial charge in [-0.05, 0) is 38.0 Å². The summed E-state index contributed by atoms with van der Waals surface area (Å²) in [6.45, 7) is 5.08. The van der Waals surface area contributed by atoms with Gasteiger partial charge in [-0.15, -0.1) is 0 Å². The molecular formula is C13H14ClNO3. The highest BCUT2D eigenvalue weighted by Gasteiger charge is 2.09. The number of carbonyl (C=O) groups is 2. The molecule has 0 spiro atoms.